The van der Waals surface area contributed by atoms with Gasteiger partial charge < -0.3 is 24.8 Å². The number of aliphatic imine (C=N–C) groups is 1. The van der Waals surface area contributed by atoms with E-state index in [-0.39, 0.29) is 35.6 Å². The van der Waals surface area contributed by atoms with Crippen LogP contribution in [0.1, 0.15) is 49.3 Å². The van der Waals surface area contributed by atoms with E-state index in [1.165, 1.54) is 18.4 Å². The average molecular weight is 537 g/mol. The lowest BCUT2D eigenvalue weighted by Gasteiger charge is -2.40. The minimum absolute atomic E-state index is 0. The highest BCUT2D eigenvalue weighted by molar-refractivity contribution is 14.0. The van der Waals surface area contributed by atoms with E-state index in [1.807, 2.05) is 24.3 Å². The second kappa shape index (κ2) is 10.4. The van der Waals surface area contributed by atoms with E-state index in [0.717, 1.165) is 48.0 Å². The quantitative estimate of drug-likeness (QED) is 0.325. The molecule has 2 N–H and O–H groups in total. The molecule has 1 spiro atoms. The number of hydrogen-bond acceptors (Lipinski definition) is 4. The summed E-state index contributed by atoms with van der Waals surface area (Å²) in [6.07, 6.45) is 5.65. The molecule has 0 radical (unpaired) electrons. The number of benzene rings is 2. The fourth-order valence-electron chi connectivity index (χ4n) is 4.70. The van der Waals surface area contributed by atoms with Crippen molar-refractivity contribution < 1.29 is 14.2 Å². The van der Waals surface area contributed by atoms with Crippen molar-refractivity contribution in [2.75, 3.05) is 21.3 Å². The standard InChI is InChI=1S/C24H31N3O3.HI/c1-25-23(26-16-17-9-8-12-21(28-2)22(17)29-3)27-19-15-24(13-6-7-14-24)30-20-11-5-4-10-18(19)20;/h4-5,8-12,19H,6-7,13-16H2,1-3H3,(H2,25,26,27);1H. The van der Waals surface area contributed by atoms with Gasteiger partial charge in [-0.1, -0.05) is 30.3 Å². The maximum atomic E-state index is 6.48. The Morgan fingerprint density at radius 2 is 1.87 bits per heavy atom. The Bertz CT molecular complexity index is 913. The molecule has 31 heavy (non-hydrogen) atoms. The Hall–Kier alpha value is -2.16. The van der Waals surface area contributed by atoms with E-state index in [0.29, 0.717) is 6.54 Å². The number of methoxy groups -OCH3 is 2. The van der Waals surface area contributed by atoms with Crippen molar-refractivity contribution in [1.82, 2.24) is 10.6 Å². The van der Waals surface area contributed by atoms with Crippen LogP contribution in [-0.4, -0.2) is 32.8 Å². The summed E-state index contributed by atoms with van der Waals surface area (Å²) < 4.78 is 17.4. The second-order valence-corrected chi connectivity index (χ2v) is 8.01. The third-order valence-corrected chi connectivity index (χ3v) is 6.18. The zero-order valence-electron chi connectivity index (χ0n) is 18.4. The molecular formula is C24H32IN3O3. The number of ether oxygens (including phenoxy) is 3. The Morgan fingerprint density at radius 1 is 1.10 bits per heavy atom. The van der Waals surface area contributed by atoms with Crippen LogP contribution in [0.15, 0.2) is 47.5 Å². The number of guanidine groups is 1. The van der Waals surface area contributed by atoms with Crippen LogP contribution in [0.2, 0.25) is 0 Å². The first-order valence-corrected chi connectivity index (χ1v) is 10.6. The van der Waals surface area contributed by atoms with Gasteiger partial charge in [0.1, 0.15) is 11.4 Å². The van der Waals surface area contributed by atoms with E-state index in [4.69, 9.17) is 14.2 Å². The van der Waals surface area contributed by atoms with Crippen LogP contribution in [-0.2, 0) is 6.54 Å². The fourth-order valence-corrected chi connectivity index (χ4v) is 4.70. The highest BCUT2D eigenvalue weighted by Gasteiger charge is 2.43. The molecule has 6 nitrogen and oxygen atoms in total. The van der Waals surface area contributed by atoms with Gasteiger partial charge in [-0.15, -0.1) is 24.0 Å². The van der Waals surface area contributed by atoms with Crippen molar-refractivity contribution >= 4 is 29.9 Å². The van der Waals surface area contributed by atoms with Gasteiger partial charge in [-0.05, 0) is 37.8 Å². The fraction of sp³-hybridized carbons (Fsp3) is 0.458. The number of rotatable bonds is 5. The normalized spacial score (nSPS) is 19.1. The molecule has 2 aromatic rings. The van der Waals surface area contributed by atoms with Crippen molar-refractivity contribution in [1.29, 1.82) is 0 Å². The maximum absolute atomic E-state index is 6.48. The van der Waals surface area contributed by atoms with Crippen LogP contribution in [0, 0.1) is 0 Å². The molecule has 0 aromatic heterocycles. The van der Waals surface area contributed by atoms with Crippen LogP contribution in [0.3, 0.4) is 0 Å². The topological polar surface area (TPSA) is 64.1 Å². The number of hydrogen-bond donors (Lipinski definition) is 2. The summed E-state index contributed by atoms with van der Waals surface area (Å²) in [4.78, 5) is 4.46. The zero-order valence-corrected chi connectivity index (χ0v) is 20.8. The van der Waals surface area contributed by atoms with E-state index in [9.17, 15) is 0 Å². The minimum atomic E-state index is -0.0547. The van der Waals surface area contributed by atoms with Crippen LogP contribution in [0.4, 0.5) is 0 Å². The molecule has 1 fully saturated rings. The van der Waals surface area contributed by atoms with Crippen molar-refractivity contribution in [2.24, 2.45) is 4.99 Å². The van der Waals surface area contributed by atoms with Gasteiger partial charge in [-0.2, -0.15) is 0 Å². The molecule has 1 atom stereocenters. The molecule has 2 aromatic carbocycles. The lowest BCUT2D eigenvalue weighted by atomic mass is 9.86. The lowest BCUT2D eigenvalue weighted by molar-refractivity contribution is 0.0396. The van der Waals surface area contributed by atoms with Gasteiger partial charge in [-0.3, -0.25) is 4.99 Å². The predicted molar refractivity (Wildman–Crippen MR) is 134 cm³/mol. The predicted octanol–water partition coefficient (Wildman–Crippen LogP) is 4.82. The molecule has 4 rings (SSSR count). The molecule has 0 saturated heterocycles. The Morgan fingerprint density at radius 3 is 2.58 bits per heavy atom. The van der Waals surface area contributed by atoms with Crippen molar-refractivity contribution in [2.45, 2.75) is 50.3 Å². The van der Waals surface area contributed by atoms with Crippen molar-refractivity contribution in [3.8, 4) is 17.2 Å². The monoisotopic (exact) mass is 537 g/mol. The third-order valence-electron chi connectivity index (χ3n) is 6.18. The van der Waals surface area contributed by atoms with Gasteiger partial charge in [0.15, 0.2) is 17.5 Å². The van der Waals surface area contributed by atoms with Crippen LogP contribution in [0.25, 0.3) is 0 Å². The summed E-state index contributed by atoms with van der Waals surface area (Å²) in [5, 5.41) is 7.07. The number of halogens is 1. The van der Waals surface area contributed by atoms with Crippen LogP contribution in [0.5, 0.6) is 17.2 Å². The van der Waals surface area contributed by atoms with Crippen molar-refractivity contribution in [3.63, 3.8) is 0 Å². The highest BCUT2D eigenvalue weighted by atomic mass is 127. The molecule has 1 unspecified atom stereocenters. The maximum Gasteiger partial charge on any atom is 0.191 e. The van der Waals surface area contributed by atoms with E-state index < -0.39 is 0 Å². The van der Waals surface area contributed by atoms with Crippen LogP contribution >= 0.6 is 24.0 Å². The van der Waals surface area contributed by atoms with E-state index in [2.05, 4.69) is 33.8 Å². The van der Waals surface area contributed by atoms with Gasteiger partial charge >= 0.3 is 0 Å². The first kappa shape index (κ1) is 23.5. The van der Waals surface area contributed by atoms with E-state index in [1.54, 1.807) is 21.3 Å². The number of nitrogens with zero attached hydrogens (tertiary/aromatic N) is 1. The molecular weight excluding hydrogens is 505 g/mol. The van der Waals surface area contributed by atoms with Gasteiger partial charge in [0.05, 0.1) is 20.3 Å². The van der Waals surface area contributed by atoms with Gasteiger partial charge in [0, 0.05) is 31.1 Å². The molecule has 1 aliphatic carbocycles. The molecule has 1 saturated carbocycles. The van der Waals surface area contributed by atoms with Gasteiger partial charge in [-0.25, -0.2) is 0 Å². The summed E-state index contributed by atoms with van der Waals surface area (Å²) >= 11 is 0. The molecule has 168 valence electrons. The van der Waals surface area contributed by atoms with E-state index >= 15 is 0 Å². The second-order valence-electron chi connectivity index (χ2n) is 8.01. The summed E-state index contributed by atoms with van der Waals surface area (Å²) in [5.41, 5.74) is 2.15. The lowest BCUT2D eigenvalue weighted by Crippen LogP contribution is -2.46. The zero-order chi connectivity index (χ0) is 21.0. The minimum Gasteiger partial charge on any atom is -0.493 e. The van der Waals surface area contributed by atoms with Crippen LogP contribution < -0.4 is 24.8 Å². The Balaban J connectivity index is 0.00000272. The number of nitrogens with one attached hydrogen (secondary N) is 2. The molecule has 0 amide bonds. The summed E-state index contributed by atoms with van der Waals surface area (Å²) in [6.45, 7) is 0.579. The first-order chi connectivity index (χ1) is 14.7. The largest absolute Gasteiger partial charge is 0.493 e. The third kappa shape index (κ3) is 5.02. The van der Waals surface area contributed by atoms with Gasteiger partial charge in [0.25, 0.3) is 0 Å². The number of fused-ring (bicyclic) bond motifs is 1. The summed E-state index contributed by atoms with van der Waals surface area (Å²) in [5.74, 6) is 3.22. The molecule has 1 heterocycles. The SMILES string of the molecule is CN=C(NCc1cccc(OC)c1OC)NC1CC2(CCCC2)Oc2ccccc21.I. The molecule has 7 heteroatoms. The Kier molecular flexibility index (Phi) is 7.91. The van der Waals surface area contributed by atoms with Crippen molar-refractivity contribution in [3.05, 3.63) is 53.6 Å². The summed E-state index contributed by atoms with van der Waals surface area (Å²) in [6, 6.07) is 14.4. The highest BCUT2D eigenvalue weighted by Crippen LogP contribution is 2.47. The smallest absolute Gasteiger partial charge is 0.191 e. The van der Waals surface area contributed by atoms with Gasteiger partial charge in [0.2, 0.25) is 0 Å². The molecule has 0 bridgehead atoms. The first-order valence-electron chi connectivity index (χ1n) is 10.6. The number of para-hydroxylation sites is 2. The molecule has 2 aliphatic rings. The summed E-state index contributed by atoms with van der Waals surface area (Å²) in [7, 11) is 5.11. The molecule has 1 aliphatic heterocycles. The Labute approximate surface area is 201 Å². The average Bonchev–Trinajstić information content (AvgIpc) is 3.23.